The molecule has 0 bridgehead atoms. The molecule has 1 aliphatic heterocycles. The highest BCUT2D eigenvalue weighted by Gasteiger charge is 2.28. The van der Waals surface area contributed by atoms with E-state index < -0.39 is 5.97 Å². The van der Waals surface area contributed by atoms with Crippen molar-refractivity contribution < 1.29 is 19.7 Å². The number of methoxy groups -OCH3 is 1. The van der Waals surface area contributed by atoms with E-state index >= 15 is 0 Å². The standard InChI is InChI=1S/C24H26N4O4/c1-14-13-27(8-5-9-29)18-7-4-6-15-11-19(28(14)21(15)18)23-25-17-10-16(24(30)31)12-20(32-3)22(17)26(23)2/h4,6-7,10-12,14,29H,5,8-9,13H2,1-3H3,(H,30,31). The van der Waals surface area contributed by atoms with Gasteiger partial charge in [-0.05, 0) is 37.6 Å². The minimum absolute atomic E-state index is 0.149. The van der Waals surface area contributed by atoms with E-state index in [9.17, 15) is 15.0 Å². The fraction of sp³-hybridized carbons (Fsp3) is 0.333. The zero-order valence-corrected chi connectivity index (χ0v) is 18.4. The van der Waals surface area contributed by atoms with E-state index in [1.54, 1.807) is 6.07 Å². The number of hydrogen-bond donors (Lipinski definition) is 2. The number of fused-ring (bicyclic) bond motifs is 1. The Bertz CT molecular complexity index is 1350. The van der Waals surface area contributed by atoms with Crippen molar-refractivity contribution in [2.45, 2.75) is 19.4 Å². The summed E-state index contributed by atoms with van der Waals surface area (Å²) in [5, 5.41) is 19.9. The molecule has 1 atom stereocenters. The van der Waals surface area contributed by atoms with E-state index in [1.807, 2.05) is 11.6 Å². The average molecular weight is 434 g/mol. The summed E-state index contributed by atoms with van der Waals surface area (Å²) in [6.07, 6.45) is 0.729. The third-order valence-electron chi connectivity index (χ3n) is 6.32. The number of aliphatic hydroxyl groups excluding tert-OH is 1. The summed E-state index contributed by atoms with van der Waals surface area (Å²) in [5.74, 6) is 0.237. The molecule has 2 aromatic heterocycles. The summed E-state index contributed by atoms with van der Waals surface area (Å²) < 4.78 is 9.81. The van der Waals surface area contributed by atoms with Crippen LogP contribution >= 0.6 is 0 Å². The van der Waals surface area contributed by atoms with Crippen molar-refractivity contribution in [3.05, 3.63) is 42.0 Å². The molecule has 2 N–H and O–H groups in total. The number of carboxylic acids is 1. The highest BCUT2D eigenvalue weighted by atomic mass is 16.5. The van der Waals surface area contributed by atoms with Gasteiger partial charge in [-0.15, -0.1) is 0 Å². The third kappa shape index (κ3) is 2.94. The predicted molar refractivity (Wildman–Crippen MR) is 124 cm³/mol. The molecule has 3 heterocycles. The van der Waals surface area contributed by atoms with E-state index in [0.717, 1.165) is 53.1 Å². The molecule has 166 valence electrons. The Morgan fingerprint density at radius 3 is 2.78 bits per heavy atom. The van der Waals surface area contributed by atoms with Gasteiger partial charge in [-0.3, -0.25) is 0 Å². The maximum Gasteiger partial charge on any atom is 0.335 e. The van der Waals surface area contributed by atoms with Crippen LogP contribution in [0.4, 0.5) is 5.69 Å². The van der Waals surface area contributed by atoms with Gasteiger partial charge in [0.25, 0.3) is 0 Å². The molecule has 5 rings (SSSR count). The second-order valence-corrected chi connectivity index (χ2v) is 8.33. The van der Waals surface area contributed by atoms with Gasteiger partial charge in [0.05, 0.1) is 35.1 Å². The van der Waals surface area contributed by atoms with Crippen LogP contribution in [0.15, 0.2) is 36.4 Å². The lowest BCUT2D eigenvalue weighted by atomic mass is 10.1. The number of carbonyl (C=O) groups is 1. The molecular weight excluding hydrogens is 408 g/mol. The Labute approximate surface area is 185 Å². The molecular formula is C24H26N4O4. The summed E-state index contributed by atoms with van der Waals surface area (Å²) in [6, 6.07) is 11.8. The Balaban J connectivity index is 1.75. The van der Waals surface area contributed by atoms with Gasteiger partial charge in [-0.2, -0.15) is 0 Å². The van der Waals surface area contributed by atoms with Gasteiger partial charge in [-0.1, -0.05) is 12.1 Å². The van der Waals surface area contributed by atoms with Crippen molar-refractivity contribution in [1.29, 1.82) is 0 Å². The fourth-order valence-electron chi connectivity index (χ4n) is 4.94. The summed E-state index contributed by atoms with van der Waals surface area (Å²) in [7, 11) is 3.47. The van der Waals surface area contributed by atoms with Crippen LogP contribution in [-0.4, -0.2) is 57.1 Å². The highest BCUT2D eigenvalue weighted by Crippen LogP contribution is 2.41. The summed E-state index contributed by atoms with van der Waals surface area (Å²) in [4.78, 5) is 18.8. The van der Waals surface area contributed by atoms with Gasteiger partial charge in [0.2, 0.25) is 0 Å². The van der Waals surface area contributed by atoms with Crippen molar-refractivity contribution in [2.75, 3.05) is 31.7 Å². The summed E-state index contributed by atoms with van der Waals surface area (Å²) in [5.41, 5.74) is 4.80. The Kier molecular flexibility index (Phi) is 4.82. The lowest BCUT2D eigenvalue weighted by Gasteiger charge is -2.35. The van der Waals surface area contributed by atoms with Crippen molar-refractivity contribution in [3.63, 3.8) is 0 Å². The van der Waals surface area contributed by atoms with Crippen LogP contribution in [0.25, 0.3) is 33.5 Å². The van der Waals surface area contributed by atoms with E-state index in [0.29, 0.717) is 11.3 Å². The largest absolute Gasteiger partial charge is 0.494 e. The van der Waals surface area contributed by atoms with Crippen molar-refractivity contribution in [3.8, 4) is 17.3 Å². The molecule has 0 radical (unpaired) electrons. The highest BCUT2D eigenvalue weighted by molar-refractivity contribution is 5.99. The lowest BCUT2D eigenvalue weighted by molar-refractivity contribution is 0.0696. The van der Waals surface area contributed by atoms with Crippen LogP contribution in [0.2, 0.25) is 0 Å². The number of ether oxygens (including phenoxy) is 1. The number of benzene rings is 2. The van der Waals surface area contributed by atoms with Gasteiger partial charge >= 0.3 is 5.97 Å². The third-order valence-corrected chi connectivity index (χ3v) is 6.32. The molecule has 32 heavy (non-hydrogen) atoms. The zero-order chi connectivity index (χ0) is 22.6. The van der Waals surface area contributed by atoms with Crippen LogP contribution in [0.5, 0.6) is 5.75 Å². The minimum atomic E-state index is -1.01. The number of nitrogens with zero attached hydrogens (tertiary/aromatic N) is 4. The molecule has 4 aromatic rings. The summed E-state index contributed by atoms with van der Waals surface area (Å²) in [6.45, 7) is 4.01. The van der Waals surface area contributed by atoms with Gasteiger partial charge in [0.1, 0.15) is 11.3 Å². The van der Waals surface area contributed by atoms with Crippen LogP contribution in [-0.2, 0) is 7.05 Å². The van der Waals surface area contributed by atoms with Crippen molar-refractivity contribution in [1.82, 2.24) is 14.1 Å². The van der Waals surface area contributed by atoms with Crippen molar-refractivity contribution >= 4 is 33.6 Å². The Hall–Kier alpha value is -3.52. The number of aliphatic hydroxyl groups is 1. The molecule has 2 aromatic carbocycles. The number of hydrogen-bond acceptors (Lipinski definition) is 5. The Morgan fingerprint density at radius 1 is 1.25 bits per heavy atom. The number of anilines is 1. The number of aryl methyl sites for hydroxylation is 1. The van der Waals surface area contributed by atoms with Gasteiger partial charge < -0.3 is 29.0 Å². The van der Waals surface area contributed by atoms with Crippen LogP contribution in [0.1, 0.15) is 29.7 Å². The monoisotopic (exact) mass is 434 g/mol. The Morgan fingerprint density at radius 2 is 2.06 bits per heavy atom. The smallest absolute Gasteiger partial charge is 0.335 e. The average Bonchev–Trinajstić information content (AvgIpc) is 3.33. The molecule has 0 aliphatic carbocycles. The SMILES string of the molecule is COc1cc(C(=O)O)cc2nc(-c3cc4cccc5c4n3C(C)CN5CCCO)n(C)c12. The van der Waals surface area contributed by atoms with Crippen LogP contribution in [0.3, 0.4) is 0 Å². The molecule has 0 spiro atoms. The molecule has 0 saturated heterocycles. The van der Waals surface area contributed by atoms with Gasteiger partial charge in [0.15, 0.2) is 5.82 Å². The predicted octanol–water partition coefficient (Wildman–Crippen LogP) is 3.67. The van der Waals surface area contributed by atoms with Crippen molar-refractivity contribution in [2.24, 2.45) is 7.05 Å². The molecule has 0 fully saturated rings. The first-order valence-corrected chi connectivity index (χ1v) is 10.7. The first-order chi connectivity index (χ1) is 15.4. The second-order valence-electron chi connectivity index (χ2n) is 8.33. The number of aromatic carboxylic acids is 1. The number of imidazole rings is 1. The number of rotatable bonds is 6. The van der Waals surface area contributed by atoms with E-state index in [4.69, 9.17) is 9.72 Å². The molecule has 1 unspecified atom stereocenters. The second kappa shape index (κ2) is 7.56. The number of carboxylic acid groups (broad SMARTS) is 1. The molecule has 1 aliphatic rings. The van der Waals surface area contributed by atoms with Gasteiger partial charge in [-0.25, -0.2) is 9.78 Å². The lowest BCUT2D eigenvalue weighted by Crippen LogP contribution is -2.35. The molecule has 8 nitrogen and oxygen atoms in total. The molecule has 0 amide bonds. The van der Waals surface area contributed by atoms with E-state index in [1.165, 1.54) is 13.2 Å². The molecule has 0 saturated carbocycles. The first kappa shape index (κ1) is 20.4. The van der Waals surface area contributed by atoms with Crippen LogP contribution in [0, 0.1) is 0 Å². The van der Waals surface area contributed by atoms with E-state index in [-0.39, 0.29) is 18.2 Å². The summed E-state index contributed by atoms with van der Waals surface area (Å²) >= 11 is 0. The molecule has 8 heteroatoms. The first-order valence-electron chi connectivity index (χ1n) is 10.7. The quantitative estimate of drug-likeness (QED) is 0.481. The maximum atomic E-state index is 11.6. The topological polar surface area (TPSA) is 92.8 Å². The maximum absolute atomic E-state index is 11.6. The van der Waals surface area contributed by atoms with Crippen LogP contribution < -0.4 is 9.64 Å². The minimum Gasteiger partial charge on any atom is -0.494 e. The van der Waals surface area contributed by atoms with Gasteiger partial charge in [0, 0.05) is 38.2 Å². The zero-order valence-electron chi connectivity index (χ0n) is 18.4. The van der Waals surface area contributed by atoms with E-state index in [2.05, 4.69) is 40.7 Å². The number of aromatic nitrogens is 3. The number of para-hydroxylation sites is 1. The fourth-order valence-corrected chi connectivity index (χ4v) is 4.94. The normalized spacial score (nSPS) is 15.6.